The fourth-order valence-corrected chi connectivity index (χ4v) is 4.51. The standard InChI is InChI=1S/C18H21NO5S/c1-12-3-4-15-14(9-18(21)24-16(15)7-12)8-17(20)19-6-5-13(10-19)11-25(2,22)23/h3-4,7,9,13H,5-6,8,10-11H2,1-2H3. The van der Waals surface area contributed by atoms with Crippen molar-refractivity contribution in [2.45, 2.75) is 19.8 Å². The van der Waals surface area contributed by atoms with Crippen molar-refractivity contribution in [3.05, 3.63) is 45.8 Å². The van der Waals surface area contributed by atoms with Gasteiger partial charge in [0, 0.05) is 30.8 Å². The van der Waals surface area contributed by atoms with E-state index in [1.807, 2.05) is 19.1 Å². The number of nitrogens with zero attached hydrogens (tertiary/aromatic N) is 1. The van der Waals surface area contributed by atoms with Gasteiger partial charge in [0.2, 0.25) is 5.91 Å². The van der Waals surface area contributed by atoms with E-state index in [2.05, 4.69) is 0 Å². The molecule has 0 N–H and O–H groups in total. The Morgan fingerprint density at radius 1 is 1.32 bits per heavy atom. The normalized spacial score (nSPS) is 18.0. The van der Waals surface area contributed by atoms with Gasteiger partial charge < -0.3 is 9.32 Å². The van der Waals surface area contributed by atoms with Gasteiger partial charge >= 0.3 is 5.63 Å². The highest BCUT2D eigenvalue weighted by molar-refractivity contribution is 7.90. The maximum atomic E-state index is 12.6. The summed E-state index contributed by atoms with van der Waals surface area (Å²) in [7, 11) is -3.05. The lowest BCUT2D eigenvalue weighted by molar-refractivity contribution is -0.129. The fraction of sp³-hybridized carbons (Fsp3) is 0.444. The third-order valence-corrected chi connectivity index (χ3v) is 5.58. The smallest absolute Gasteiger partial charge is 0.336 e. The summed E-state index contributed by atoms with van der Waals surface area (Å²) in [5, 5.41) is 0.755. The van der Waals surface area contributed by atoms with Gasteiger partial charge in [0.25, 0.3) is 0 Å². The van der Waals surface area contributed by atoms with Gasteiger partial charge in [-0.25, -0.2) is 13.2 Å². The Morgan fingerprint density at radius 2 is 2.08 bits per heavy atom. The topological polar surface area (TPSA) is 84.7 Å². The Balaban J connectivity index is 1.78. The minimum Gasteiger partial charge on any atom is -0.423 e. The molecule has 1 amide bonds. The van der Waals surface area contributed by atoms with Gasteiger partial charge in [0.1, 0.15) is 15.4 Å². The number of benzene rings is 1. The maximum Gasteiger partial charge on any atom is 0.336 e. The molecular formula is C18H21NO5S. The molecule has 1 aliphatic heterocycles. The average Bonchev–Trinajstić information content (AvgIpc) is 2.92. The first kappa shape index (κ1) is 17.7. The lowest BCUT2D eigenvalue weighted by atomic mass is 10.1. The predicted octanol–water partition coefficient (Wildman–Crippen LogP) is 1.54. The number of rotatable bonds is 4. The number of carbonyl (C=O) groups is 1. The van der Waals surface area contributed by atoms with Crippen LogP contribution >= 0.6 is 0 Å². The highest BCUT2D eigenvalue weighted by Crippen LogP contribution is 2.22. The number of aryl methyl sites for hydroxylation is 1. The number of carbonyl (C=O) groups excluding carboxylic acids is 1. The summed E-state index contributed by atoms with van der Waals surface area (Å²) in [6.45, 7) is 2.91. The lowest BCUT2D eigenvalue weighted by Crippen LogP contribution is -2.31. The Labute approximate surface area is 146 Å². The van der Waals surface area contributed by atoms with Gasteiger partial charge in [-0.05, 0) is 36.5 Å². The first-order valence-electron chi connectivity index (χ1n) is 8.20. The van der Waals surface area contributed by atoms with Crippen LogP contribution in [0.2, 0.25) is 0 Å². The molecule has 0 radical (unpaired) electrons. The fourth-order valence-electron chi connectivity index (χ4n) is 3.38. The Kier molecular flexibility index (Phi) is 4.69. The zero-order chi connectivity index (χ0) is 18.2. The molecule has 1 aromatic carbocycles. The molecule has 1 aromatic heterocycles. The van der Waals surface area contributed by atoms with Crippen molar-refractivity contribution < 1.29 is 17.6 Å². The number of fused-ring (bicyclic) bond motifs is 1. The highest BCUT2D eigenvalue weighted by Gasteiger charge is 2.28. The second-order valence-corrected chi connectivity index (χ2v) is 9.04. The van der Waals surface area contributed by atoms with Crippen molar-refractivity contribution >= 4 is 26.7 Å². The van der Waals surface area contributed by atoms with E-state index in [9.17, 15) is 18.0 Å². The van der Waals surface area contributed by atoms with Crippen LogP contribution in [0.1, 0.15) is 17.5 Å². The molecule has 7 heteroatoms. The van der Waals surface area contributed by atoms with Gasteiger partial charge in [-0.2, -0.15) is 0 Å². The minimum absolute atomic E-state index is 0.0146. The number of hydrogen-bond donors (Lipinski definition) is 0. The molecule has 134 valence electrons. The molecule has 0 aliphatic carbocycles. The molecule has 25 heavy (non-hydrogen) atoms. The first-order valence-corrected chi connectivity index (χ1v) is 10.3. The van der Waals surface area contributed by atoms with Crippen LogP contribution < -0.4 is 5.63 Å². The van der Waals surface area contributed by atoms with Crippen LogP contribution in [0.25, 0.3) is 11.0 Å². The van der Waals surface area contributed by atoms with Crippen LogP contribution in [0.5, 0.6) is 0 Å². The first-order chi connectivity index (χ1) is 11.7. The molecule has 1 fully saturated rings. The van der Waals surface area contributed by atoms with Crippen LogP contribution in [0, 0.1) is 12.8 Å². The molecule has 1 saturated heterocycles. The Morgan fingerprint density at radius 3 is 2.80 bits per heavy atom. The Hall–Kier alpha value is -2.15. The average molecular weight is 363 g/mol. The number of sulfone groups is 1. The summed E-state index contributed by atoms with van der Waals surface area (Å²) in [5.74, 6) is -0.00357. The van der Waals surface area contributed by atoms with E-state index in [0.717, 1.165) is 10.9 Å². The largest absolute Gasteiger partial charge is 0.423 e. The minimum atomic E-state index is -3.05. The van der Waals surface area contributed by atoms with Crippen LogP contribution in [0.4, 0.5) is 0 Å². The number of hydrogen-bond acceptors (Lipinski definition) is 5. The van der Waals surface area contributed by atoms with Crippen molar-refractivity contribution in [2.75, 3.05) is 25.1 Å². The summed E-state index contributed by atoms with van der Waals surface area (Å²) in [5.41, 5.74) is 1.62. The van der Waals surface area contributed by atoms with E-state index in [1.165, 1.54) is 12.3 Å². The molecule has 3 rings (SSSR count). The van der Waals surface area contributed by atoms with Gasteiger partial charge in [-0.1, -0.05) is 12.1 Å². The molecule has 1 atom stereocenters. The van der Waals surface area contributed by atoms with Crippen LogP contribution in [0.3, 0.4) is 0 Å². The van der Waals surface area contributed by atoms with Crippen LogP contribution in [-0.4, -0.2) is 44.3 Å². The van der Waals surface area contributed by atoms with Crippen LogP contribution in [0.15, 0.2) is 33.5 Å². The summed E-state index contributed by atoms with van der Waals surface area (Å²) in [6.07, 6.45) is 2.02. The summed E-state index contributed by atoms with van der Waals surface area (Å²) in [4.78, 5) is 26.0. The molecule has 2 aromatic rings. The van der Waals surface area contributed by atoms with Gasteiger partial charge in [0.15, 0.2) is 0 Å². The number of likely N-dealkylation sites (tertiary alicyclic amines) is 1. The van der Waals surface area contributed by atoms with Crippen molar-refractivity contribution in [1.29, 1.82) is 0 Å². The van der Waals surface area contributed by atoms with E-state index < -0.39 is 15.5 Å². The van der Waals surface area contributed by atoms with Gasteiger partial charge in [0.05, 0.1) is 12.2 Å². The summed E-state index contributed by atoms with van der Waals surface area (Å²) >= 11 is 0. The zero-order valence-corrected chi connectivity index (χ0v) is 15.1. The quantitative estimate of drug-likeness (QED) is 0.769. The van der Waals surface area contributed by atoms with Crippen molar-refractivity contribution in [1.82, 2.24) is 4.90 Å². The molecule has 0 saturated carbocycles. The van der Waals surface area contributed by atoms with E-state index >= 15 is 0 Å². The lowest BCUT2D eigenvalue weighted by Gasteiger charge is -2.17. The van der Waals surface area contributed by atoms with Crippen molar-refractivity contribution in [3.63, 3.8) is 0 Å². The summed E-state index contributed by atoms with van der Waals surface area (Å²) < 4.78 is 28.1. The summed E-state index contributed by atoms with van der Waals surface area (Å²) in [6, 6.07) is 6.91. The third-order valence-electron chi connectivity index (χ3n) is 4.50. The third kappa shape index (κ3) is 4.28. The highest BCUT2D eigenvalue weighted by atomic mass is 32.2. The number of amides is 1. The molecule has 1 unspecified atom stereocenters. The van der Waals surface area contributed by atoms with E-state index in [0.29, 0.717) is 30.7 Å². The molecule has 2 heterocycles. The second-order valence-electron chi connectivity index (χ2n) is 6.85. The van der Waals surface area contributed by atoms with Crippen LogP contribution in [-0.2, 0) is 21.1 Å². The molecule has 0 bridgehead atoms. The second kappa shape index (κ2) is 6.63. The molecule has 1 aliphatic rings. The van der Waals surface area contributed by atoms with E-state index in [1.54, 1.807) is 11.0 Å². The van der Waals surface area contributed by atoms with E-state index in [4.69, 9.17) is 4.42 Å². The zero-order valence-electron chi connectivity index (χ0n) is 14.3. The SMILES string of the molecule is Cc1ccc2c(CC(=O)N3CCC(CS(C)(=O)=O)C3)cc(=O)oc2c1. The predicted molar refractivity (Wildman–Crippen MR) is 95.3 cm³/mol. The Bertz CT molecular complexity index is 977. The maximum absolute atomic E-state index is 12.6. The van der Waals surface area contributed by atoms with Crippen molar-refractivity contribution in [2.24, 2.45) is 5.92 Å². The van der Waals surface area contributed by atoms with Gasteiger partial charge in [-0.15, -0.1) is 0 Å². The monoisotopic (exact) mass is 363 g/mol. The van der Waals surface area contributed by atoms with E-state index in [-0.39, 0.29) is 24.0 Å². The van der Waals surface area contributed by atoms with Gasteiger partial charge in [-0.3, -0.25) is 4.79 Å². The molecule has 6 nitrogen and oxygen atoms in total. The molecule has 0 spiro atoms. The molecular weight excluding hydrogens is 342 g/mol. The van der Waals surface area contributed by atoms with Crippen molar-refractivity contribution in [3.8, 4) is 0 Å².